The van der Waals surface area contributed by atoms with Crippen LogP contribution in [0.4, 0.5) is 0 Å². The predicted octanol–water partition coefficient (Wildman–Crippen LogP) is 16.1. The van der Waals surface area contributed by atoms with Crippen LogP contribution < -0.4 is 4.89 Å². The molecule has 0 aromatic heterocycles. The van der Waals surface area contributed by atoms with E-state index in [2.05, 4.69) is 111 Å². The van der Waals surface area contributed by atoms with Gasteiger partial charge in [0, 0.05) is 13.0 Å². The first kappa shape index (κ1) is 64.2. The van der Waals surface area contributed by atoms with Gasteiger partial charge in [-0.15, -0.1) is 0 Å². The normalized spacial score (nSPS) is 14.4. The minimum Gasteiger partial charge on any atom is -0.756 e. The molecule has 0 N–H and O–H groups in total. The molecule has 0 radical (unpaired) electrons. The first-order chi connectivity index (χ1) is 32.6. The maximum Gasteiger partial charge on any atom is 0.306 e. The van der Waals surface area contributed by atoms with Crippen molar-refractivity contribution in [2.75, 3.05) is 54.1 Å². The zero-order valence-electron chi connectivity index (χ0n) is 43.6. The van der Waals surface area contributed by atoms with Crippen LogP contribution in [-0.2, 0) is 27.9 Å². The van der Waals surface area contributed by atoms with Crippen LogP contribution in [0.3, 0.4) is 0 Å². The lowest BCUT2D eigenvalue weighted by atomic mass is 10.1. The van der Waals surface area contributed by atoms with Gasteiger partial charge in [0.1, 0.15) is 19.3 Å². The summed E-state index contributed by atoms with van der Waals surface area (Å²) in [6.07, 6.45) is 70.0. The number of phosphoric acid groups is 1. The zero-order chi connectivity index (χ0) is 49.0. The van der Waals surface area contributed by atoms with Gasteiger partial charge in [-0.25, -0.2) is 0 Å². The van der Waals surface area contributed by atoms with Crippen molar-refractivity contribution in [2.45, 2.75) is 200 Å². The summed E-state index contributed by atoms with van der Waals surface area (Å²) in [5, 5.41) is 0. The molecule has 0 saturated heterocycles. The highest BCUT2D eigenvalue weighted by Gasteiger charge is 2.20. The van der Waals surface area contributed by atoms with Gasteiger partial charge >= 0.3 is 5.97 Å². The van der Waals surface area contributed by atoms with Crippen LogP contribution in [0.25, 0.3) is 0 Å². The van der Waals surface area contributed by atoms with E-state index in [-0.39, 0.29) is 26.2 Å². The topological polar surface area (TPSA) is 94.1 Å². The van der Waals surface area contributed by atoms with E-state index in [0.29, 0.717) is 24.1 Å². The standard InChI is InChI=1S/C58H100NO7P/c1-6-8-10-12-14-16-18-20-22-24-26-27-28-29-30-31-32-34-36-38-40-42-44-46-48-50-53-63-55-57(56-65-67(61,62)64-54-52-59(3,4)5)66-58(60)51-49-47-45-43-41-39-37-35-33-25-23-21-19-17-15-13-11-9-7-2/h9,11,15,17-18,20-21,23-24,26,28-29,33,35,39,41,45,47,57H,6-8,10,12-14,16,19,22,25,27,30-32,34,36-38,40,42-44,46,48-56H2,1-5H3/b11-9-,17-15-,20-18-,23-21-,26-24-,29-28-,35-33-,41-39-,47-45-. The molecule has 384 valence electrons. The Morgan fingerprint density at radius 3 is 1.30 bits per heavy atom. The molecule has 0 aromatic carbocycles. The van der Waals surface area contributed by atoms with Gasteiger partial charge in [-0.1, -0.05) is 207 Å². The Balaban J connectivity index is 4.23. The second-order valence-electron chi connectivity index (χ2n) is 18.5. The van der Waals surface area contributed by atoms with Gasteiger partial charge in [0.2, 0.25) is 0 Å². The van der Waals surface area contributed by atoms with E-state index in [4.69, 9.17) is 18.5 Å². The van der Waals surface area contributed by atoms with Gasteiger partial charge < -0.3 is 27.9 Å². The number of quaternary nitrogens is 1. The van der Waals surface area contributed by atoms with Crippen molar-refractivity contribution in [3.05, 3.63) is 109 Å². The SMILES string of the molecule is CC/C=C\C/C=C\C/C=C\C/C=C\C/C=C\C/C=C\CCC(=O)OC(COCCCCCCCCCCCCC/C=C\C/C=C\C/C=C\CCCCCCC)COP(=O)([O-])OCC[N+](C)(C)C. The number of phosphoric ester groups is 1. The Morgan fingerprint density at radius 2 is 0.866 bits per heavy atom. The molecule has 8 nitrogen and oxygen atoms in total. The first-order valence-electron chi connectivity index (χ1n) is 26.6. The molecule has 0 aliphatic carbocycles. The lowest BCUT2D eigenvalue weighted by Gasteiger charge is -2.28. The number of ether oxygens (including phenoxy) is 2. The number of allylic oxidation sites excluding steroid dienone is 18. The minimum absolute atomic E-state index is 0.00596. The Morgan fingerprint density at radius 1 is 0.478 bits per heavy atom. The van der Waals surface area contributed by atoms with Crippen molar-refractivity contribution in [1.29, 1.82) is 0 Å². The molecule has 0 aliphatic rings. The quantitative estimate of drug-likeness (QED) is 0.0197. The highest BCUT2D eigenvalue weighted by Crippen LogP contribution is 2.38. The summed E-state index contributed by atoms with van der Waals surface area (Å²) in [5.74, 6) is -0.419. The second-order valence-corrected chi connectivity index (χ2v) is 19.9. The molecular weight excluding hydrogens is 854 g/mol. The van der Waals surface area contributed by atoms with Crippen molar-refractivity contribution in [3.8, 4) is 0 Å². The highest BCUT2D eigenvalue weighted by molar-refractivity contribution is 7.45. The number of unbranched alkanes of at least 4 members (excludes halogenated alkanes) is 16. The molecule has 0 bridgehead atoms. The number of rotatable bonds is 48. The fourth-order valence-electron chi connectivity index (χ4n) is 6.76. The Hall–Kier alpha value is -2.84. The number of hydrogen-bond donors (Lipinski definition) is 0. The summed E-state index contributed by atoms with van der Waals surface area (Å²) in [6, 6.07) is 0. The van der Waals surface area contributed by atoms with Crippen molar-refractivity contribution >= 4 is 13.8 Å². The van der Waals surface area contributed by atoms with E-state index in [1.54, 1.807) is 0 Å². The summed E-state index contributed by atoms with van der Waals surface area (Å²) >= 11 is 0. The third kappa shape index (κ3) is 54.0. The van der Waals surface area contributed by atoms with Crippen LogP contribution in [0.15, 0.2) is 109 Å². The van der Waals surface area contributed by atoms with Crippen molar-refractivity contribution in [3.63, 3.8) is 0 Å². The number of nitrogens with zero attached hydrogens (tertiary/aromatic N) is 1. The average molecular weight is 954 g/mol. The molecule has 2 unspecified atom stereocenters. The molecule has 0 aromatic rings. The molecule has 2 atom stereocenters. The number of esters is 1. The smallest absolute Gasteiger partial charge is 0.306 e. The summed E-state index contributed by atoms with van der Waals surface area (Å²) in [6.45, 7) is 5.16. The maximum absolute atomic E-state index is 12.7. The lowest BCUT2D eigenvalue weighted by Crippen LogP contribution is -2.37. The molecule has 0 saturated carbocycles. The summed E-state index contributed by atoms with van der Waals surface area (Å²) in [7, 11) is 1.29. The molecule has 0 amide bonds. The van der Waals surface area contributed by atoms with Crippen LogP contribution in [0.2, 0.25) is 0 Å². The van der Waals surface area contributed by atoms with E-state index < -0.39 is 19.9 Å². The van der Waals surface area contributed by atoms with Crippen LogP contribution in [0.1, 0.15) is 194 Å². The van der Waals surface area contributed by atoms with Gasteiger partial charge in [-0.3, -0.25) is 9.36 Å². The van der Waals surface area contributed by atoms with E-state index in [9.17, 15) is 14.3 Å². The van der Waals surface area contributed by atoms with Crippen molar-refractivity contribution in [2.24, 2.45) is 0 Å². The fourth-order valence-corrected chi connectivity index (χ4v) is 7.48. The van der Waals surface area contributed by atoms with Crippen molar-refractivity contribution in [1.82, 2.24) is 0 Å². The van der Waals surface area contributed by atoms with Gasteiger partial charge in [-0.05, 0) is 89.9 Å². The Bertz CT molecular complexity index is 1430. The van der Waals surface area contributed by atoms with Crippen molar-refractivity contribution < 1.29 is 37.3 Å². The number of carbonyl (C=O) groups is 1. The van der Waals surface area contributed by atoms with Crippen LogP contribution in [0.5, 0.6) is 0 Å². The minimum atomic E-state index is -4.56. The van der Waals surface area contributed by atoms with Crippen LogP contribution in [0, 0.1) is 0 Å². The molecule has 0 aliphatic heterocycles. The van der Waals surface area contributed by atoms with E-state index in [1.807, 2.05) is 33.3 Å². The number of likely N-dealkylation sites (N-methyl/N-ethyl adjacent to an activating group) is 1. The van der Waals surface area contributed by atoms with Crippen LogP contribution >= 0.6 is 7.82 Å². The predicted molar refractivity (Wildman–Crippen MR) is 286 cm³/mol. The first-order valence-corrected chi connectivity index (χ1v) is 28.1. The molecule has 0 rings (SSSR count). The van der Waals surface area contributed by atoms with Crippen LogP contribution in [-0.4, -0.2) is 70.7 Å². The van der Waals surface area contributed by atoms with Gasteiger partial charge in [0.15, 0.2) is 0 Å². The highest BCUT2D eigenvalue weighted by atomic mass is 31.2. The van der Waals surface area contributed by atoms with E-state index in [0.717, 1.165) is 64.2 Å². The van der Waals surface area contributed by atoms with Gasteiger partial charge in [0.25, 0.3) is 7.82 Å². The average Bonchev–Trinajstić information content (AvgIpc) is 3.29. The summed E-state index contributed by atoms with van der Waals surface area (Å²) in [5.41, 5.74) is 0. The van der Waals surface area contributed by atoms with E-state index >= 15 is 0 Å². The number of carbonyl (C=O) groups excluding carboxylic acids is 1. The third-order valence-corrected chi connectivity index (χ3v) is 11.8. The largest absolute Gasteiger partial charge is 0.756 e. The molecular formula is C58H100NO7P. The summed E-state index contributed by atoms with van der Waals surface area (Å²) < 4.78 is 34.7. The number of hydrogen-bond acceptors (Lipinski definition) is 7. The molecule has 0 spiro atoms. The fraction of sp³-hybridized carbons (Fsp3) is 0.672. The summed E-state index contributed by atoms with van der Waals surface area (Å²) in [4.78, 5) is 25.2. The molecule has 67 heavy (non-hydrogen) atoms. The Kier molecular flexibility index (Phi) is 47.5. The van der Waals surface area contributed by atoms with Gasteiger partial charge in [-0.2, -0.15) is 0 Å². The monoisotopic (exact) mass is 954 g/mol. The lowest BCUT2D eigenvalue weighted by molar-refractivity contribution is -0.870. The van der Waals surface area contributed by atoms with E-state index in [1.165, 1.54) is 103 Å². The second kappa shape index (κ2) is 49.6. The Labute approximate surface area is 412 Å². The molecule has 0 fully saturated rings. The zero-order valence-corrected chi connectivity index (χ0v) is 44.5. The van der Waals surface area contributed by atoms with Gasteiger partial charge in [0.05, 0.1) is 34.4 Å². The molecule has 9 heteroatoms. The molecule has 0 heterocycles. The third-order valence-electron chi connectivity index (χ3n) is 10.8. The maximum atomic E-state index is 12.7.